The molecule has 0 aromatic heterocycles. The van der Waals surface area contributed by atoms with Crippen LogP contribution < -0.4 is 10.6 Å². The number of fused-ring (bicyclic) bond motifs is 1. The Morgan fingerprint density at radius 2 is 1.47 bits per heavy atom. The zero-order valence-electron chi connectivity index (χ0n) is 27.1. The Labute approximate surface area is 262 Å². The molecule has 0 radical (unpaired) electrons. The Kier molecular flexibility index (Phi) is 9.20. The van der Waals surface area contributed by atoms with Crippen LogP contribution in [0.25, 0.3) is 0 Å². The van der Waals surface area contributed by atoms with Crippen LogP contribution in [0.3, 0.4) is 0 Å². The van der Waals surface area contributed by atoms with Crippen LogP contribution in [0, 0.1) is 29.6 Å². The van der Waals surface area contributed by atoms with Crippen molar-refractivity contribution in [2.24, 2.45) is 29.6 Å². The number of rotatable bonds is 6. The molecule has 2 saturated heterocycles. The molecule has 8 rings (SSSR count). The summed E-state index contributed by atoms with van der Waals surface area (Å²) in [7, 11) is 0. The van der Waals surface area contributed by atoms with Crippen LogP contribution in [0.2, 0.25) is 0 Å². The molecule has 4 nitrogen and oxygen atoms in total. The molecule has 2 aliphatic heterocycles. The molecule has 0 bridgehead atoms. The molecule has 3 saturated carbocycles. The number of hydrogen-bond acceptors (Lipinski definition) is 4. The van der Waals surface area contributed by atoms with Gasteiger partial charge in [-0.2, -0.15) is 0 Å². The van der Waals surface area contributed by atoms with Gasteiger partial charge in [-0.05, 0) is 139 Å². The van der Waals surface area contributed by atoms with E-state index in [2.05, 4.69) is 39.8 Å². The molecule has 6 aliphatic carbocycles. The van der Waals surface area contributed by atoms with Gasteiger partial charge < -0.3 is 4.74 Å². The van der Waals surface area contributed by atoms with Crippen molar-refractivity contribution >= 4 is 0 Å². The smallest absolute Gasteiger partial charge is 0.112 e. The van der Waals surface area contributed by atoms with Gasteiger partial charge in [0.05, 0.1) is 24.5 Å². The molecule has 2 N–H and O–H groups in total. The summed E-state index contributed by atoms with van der Waals surface area (Å²) in [5.41, 5.74) is 3.67. The molecule has 0 aromatic carbocycles. The van der Waals surface area contributed by atoms with E-state index in [-0.39, 0.29) is 6.23 Å². The summed E-state index contributed by atoms with van der Waals surface area (Å²) >= 11 is 0. The zero-order chi connectivity index (χ0) is 28.6. The molecule has 0 spiro atoms. The molecular weight excluding hydrogens is 526 g/mol. The first-order valence-electron chi connectivity index (χ1n) is 19.3. The van der Waals surface area contributed by atoms with Crippen molar-refractivity contribution in [1.29, 1.82) is 0 Å². The van der Waals surface area contributed by atoms with Crippen molar-refractivity contribution in [3.05, 3.63) is 35.5 Å². The van der Waals surface area contributed by atoms with E-state index in [1.807, 2.05) is 11.1 Å². The fourth-order valence-corrected chi connectivity index (χ4v) is 11.2. The summed E-state index contributed by atoms with van der Waals surface area (Å²) in [5.74, 6) is 4.10. The average Bonchev–Trinajstić information content (AvgIpc) is 3.51. The van der Waals surface area contributed by atoms with E-state index in [9.17, 15) is 0 Å². The summed E-state index contributed by atoms with van der Waals surface area (Å²) < 4.78 is 6.70. The average molecular weight is 588 g/mol. The fraction of sp³-hybridized carbons (Fsp3) is 0.846. The molecule has 2 heterocycles. The van der Waals surface area contributed by atoms with Crippen molar-refractivity contribution < 1.29 is 4.74 Å². The summed E-state index contributed by atoms with van der Waals surface area (Å²) in [6, 6.07) is 1.17. The molecule has 8 atom stereocenters. The largest absolute Gasteiger partial charge is 0.358 e. The molecule has 8 unspecified atom stereocenters. The van der Waals surface area contributed by atoms with Crippen LogP contribution in [0.15, 0.2) is 35.5 Å². The van der Waals surface area contributed by atoms with E-state index in [1.54, 1.807) is 0 Å². The van der Waals surface area contributed by atoms with Gasteiger partial charge in [0.2, 0.25) is 0 Å². The van der Waals surface area contributed by atoms with Crippen molar-refractivity contribution in [1.82, 2.24) is 15.5 Å². The highest BCUT2D eigenvalue weighted by molar-refractivity contribution is 5.15. The Morgan fingerprint density at radius 3 is 2.26 bits per heavy atom. The third-order valence-electron chi connectivity index (χ3n) is 13.7. The second-order valence-electron chi connectivity index (χ2n) is 16.2. The Bertz CT molecular complexity index is 1040. The monoisotopic (exact) mass is 587 g/mol. The highest BCUT2D eigenvalue weighted by Gasteiger charge is 2.51. The zero-order valence-corrected chi connectivity index (χ0v) is 27.1. The Balaban J connectivity index is 0.950. The van der Waals surface area contributed by atoms with E-state index in [0.29, 0.717) is 30.4 Å². The number of hydrogen-bond donors (Lipinski definition) is 2. The third-order valence-corrected chi connectivity index (χ3v) is 13.7. The lowest BCUT2D eigenvalue weighted by Crippen LogP contribution is -2.76. The molecular formula is C39H61N3O. The van der Waals surface area contributed by atoms with Crippen molar-refractivity contribution in [2.45, 2.75) is 178 Å². The van der Waals surface area contributed by atoms with E-state index in [1.165, 1.54) is 141 Å². The molecule has 8 aliphatic rings. The SMILES string of the molecule is C1=CC2NC(C3CCCC(N4C(C5CC=C(C6CCCCC6)CC5)NC4C4CCC(C5=CCCCC5)CC4)C3)OC2CC1. The highest BCUT2D eigenvalue weighted by Crippen LogP contribution is 2.46. The molecule has 4 heteroatoms. The lowest BCUT2D eigenvalue weighted by atomic mass is 9.72. The van der Waals surface area contributed by atoms with Crippen molar-refractivity contribution in [3.63, 3.8) is 0 Å². The standard InChI is InChI=1S/C39H61N3O/c1-3-10-27(11-4-1)29-18-22-31(23-19-29)37-41-38(32-24-20-30(21-25-32)28-12-5-2-6-13-28)42(37)34-15-9-14-33(26-34)39-40-35-16-7-8-17-36(35)43-39/h7,10,16,20,28-29,31-41H,1-6,8-9,11-15,17-19,21-26H2. The summed E-state index contributed by atoms with van der Waals surface area (Å²) in [4.78, 5) is 3.10. The van der Waals surface area contributed by atoms with Crippen LogP contribution >= 0.6 is 0 Å². The molecule has 238 valence electrons. The number of nitrogens with zero attached hydrogens (tertiary/aromatic N) is 1. The van der Waals surface area contributed by atoms with Gasteiger partial charge in [-0.3, -0.25) is 15.5 Å². The van der Waals surface area contributed by atoms with Gasteiger partial charge in [-0.1, -0.05) is 61.1 Å². The first-order valence-corrected chi connectivity index (χ1v) is 19.3. The summed E-state index contributed by atoms with van der Waals surface area (Å²) in [6.45, 7) is 0. The molecule has 0 aromatic rings. The number of nitrogens with one attached hydrogen (secondary N) is 2. The van der Waals surface area contributed by atoms with Crippen LogP contribution in [0.1, 0.15) is 141 Å². The summed E-state index contributed by atoms with van der Waals surface area (Å²) in [6.07, 6.45) is 42.5. The number of ether oxygens (including phenoxy) is 1. The van der Waals surface area contributed by atoms with Crippen LogP contribution in [-0.4, -0.2) is 41.6 Å². The van der Waals surface area contributed by atoms with Gasteiger partial charge >= 0.3 is 0 Å². The minimum Gasteiger partial charge on any atom is -0.358 e. The Hall–Kier alpha value is -0.940. The fourth-order valence-electron chi connectivity index (χ4n) is 11.2. The molecule has 5 fully saturated rings. The van der Waals surface area contributed by atoms with Crippen molar-refractivity contribution in [2.75, 3.05) is 0 Å². The van der Waals surface area contributed by atoms with Gasteiger partial charge in [0.15, 0.2) is 0 Å². The topological polar surface area (TPSA) is 36.5 Å². The van der Waals surface area contributed by atoms with Gasteiger partial charge in [0.25, 0.3) is 0 Å². The quantitative estimate of drug-likeness (QED) is 0.305. The predicted octanol–water partition coefficient (Wildman–Crippen LogP) is 8.75. The maximum atomic E-state index is 6.70. The Morgan fingerprint density at radius 1 is 0.628 bits per heavy atom. The van der Waals surface area contributed by atoms with E-state index in [0.717, 1.165) is 29.7 Å². The second kappa shape index (κ2) is 13.4. The lowest BCUT2D eigenvalue weighted by molar-refractivity contribution is -0.139. The third kappa shape index (κ3) is 6.26. The van der Waals surface area contributed by atoms with Gasteiger partial charge in [0.1, 0.15) is 6.23 Å². The molecule has 43 heavy (non-hydrogen) atoms. The van der Waals surface area contributed by atoms with Gasteiger partial charge in [-0.15, -0.1) is 0 Å². The number of allylic oxidation sites excluding steroid dienone is 5. The van der Waals surface area contributed by atoms with Crippen LogP contribution in [0.4, 0.5) is 0 Å². The van der Waals surface area contributed by atoms with Crippen LogP contribution in [0.5, 0.6) is 0 Å². The normalized spacial score (nSPS) is 44.7. The van der Waals surface area contributed by atoms with Crippen molar-refractivity contribution in [3.8, 4) is 0 Å². The van der Waals surface area contributed by atoms with Gasteiger partial charge in [0, 0.05) is 12.0 Å². The highest BCUT2D eigenvalue weighted by atomic mass is 16.5. The maximum Gasteiger partial charge on any atom is 0.112 e. The second-order valence-corrected chi connectivity index (χ2v) is 16.2. The van der Waals surface area contributed by atoms with E-state index < -0.39 is 0 Å². The van der Waals surface area contributed by atoms with Gasteiger partial charge in [-0.25, -0.2) is 0 Å². The summed E-state index contributed by atoms with van der Waals surface area (Å²) in [5, 5.41) is 8.23. The van der Waals surface area contributed by atoms with E-state index >= 15 is 0 Å². The minimum atomic E-state index is 0.265. The molecule has 0 amide bonds. The minimum absolute atomic E-state index is 0.265. The maximum absolute atomic E-state index is 6.70. The predicted molar refractivity (Wildman–Crippen MR) is 176 cm³/mol. The lowest BCUT2D eigenvalue weighted by Gasteiger charge is -2.61. The first kappa shape index (κ1) is 29.5. The first-order chi connectivity index (χ1) is 21.3. The van der Waals surface area contributed by atoms with Crippen LogP contribution in [-0.2, 0) is 4.74 Å². The van der Waals surface area contributed by atoms with E-state index in [4.69, 9.17) is 4.74 Å².